The van der Waals surface area contributed by atoms with Crippen LogP contribution in [0.3, 0.4) is 0 Å². The minimum atomic E-state index is -3.11. The highest BCUT2D eigenvalue weighted by molar-refractivity contribution is 7.88. The van der Waals surface area contributed by atoms with Gasteiger partial charge in [0.1, 0.15) is 0 Å². The molecule has 0 radical (unpaired) electrons. The van der Waals surface area contributed by atoms with Gasteiger partial charge in [-0.1, -0.05) is 0 Å². The number of sulfonamides is 1. The molecule has 0 spiro atoms. The Morgan fingerprint density at radius 3 is 2.52 bits per heavy atom. The fourth-order valence-electron chi connectivity index (χ4n) is 1.67. The van der Waals surface area contributed by atoms with Crippen molar-refractivity contribution in [1.82, 2.24) is 20.3 Å². The van der Waals surface area contributed by atoms with Gasteiger partial charge in [0.2, 0.25) is 10.0 Å². The molecule has 9 heteroatoms. The number of guanidine groups is 1. The Bertz CT molecular complexity index is 580. The molecule has 0 aliphatic heterocycles. The summed E-state index contributed by atoms with van der Waals surface area (Å²) in [4.78, 5) is 9.69. The molecule has 1 aromatic rings. The number of hydrogen-bond donors (Lipinski definition) is 3. The van der Waals surface area contributed by atoms with Gasteiger partial charge in [0.05, 0.1) is 23.5 Å². The van der Waals surface area contributed by atoms with E-state index in [4.69, 9.17) is 0 Å². The molecule has 7 nitrogen and oxygen atoms in total. The molecule has 0 fully saturated rings. The molecule has 0 atom stereocenters. The van der Waals surface area contributed by atoms with Gasteiger partial charge >= 0.3 is 0 Å². The van der Waals surface area contributed by atoms with Crippen LogP contribution in [-0.4, -0.2) is 45.8 Å². The van der Waals surface area contributed by atoms with Gasteiger partial charge in [-0.3, -0.25) is 4.99 Å². The van der Waals surface area contributed by atoms with Gasteiger partial charge in [0, 0.05) is 25.0 Å². The summed E-state index contributed by atoms with van der Waals surface area (Å²) in [6.45, 7) is 5.72. The monoisotopic (exact) mass is 333 g/mol. The summed E-state index contributed by atoms with van der Waals surface area (Å²) >= 11 is 1.67. The number of aryl methyl sites for hydroxylation is 2. The first-order valence-electron chi connectivity index (χ1n) is 6.64. The highest BCUT2D eigenvalue weighted by Crippen LogP contribution is 2.16. The molecule has 120 valence electrons. The van der Waals surface area contributed by atoms with E-state index in [0.29, 0.717) is 32.0 Å². The minimum absolute atomic E-state index is 0.413. The molecule has 0 amide bonds. The van der Waals surface area contributed by atoms with Crippen molar-refractivity contribution in [2.75, 3.05) is 26.4 Å². The van der Waals surface area contributed by atoms with Crippen molar-refractivity contribution in [2.45, 2.75) is 26.8 Å². The predicted octanol–water partition coefficient (Wildman–Crippen LogP) is 0.364. The lowest BCUT2D eigenvalue weighted by molar-refractivity contribution is 0.584. The van der Waals surface area contributed by atoms with Crippen molar-refractivity contribution in [3.05, 3.63) is 15.6 Å². The standard InChI is InChI=1S/C12H23N5O2S2/c1-9-11(20-10(2)17-9)8-15-12(13-3)14-6-5-7-16-21(4,18)19/h16H,5-8H2,1-4H3,(H2,13,14,15). The number of nitrogens with zero attached hydrogens (tertiary/aromatic N) is 2. The Kier molecular flexibility index (Phi) is 7.06. The maximum absolute atomic E-state index is 10.9. The first-order chi connectivity index (χ1) is 9.81. The van der Waals surface area contributed by atoms with Crippen LogP contribution in [0.4, 0.5) is 0 Å². The maximum atomic E-state index is 10.9. The predicted molar refractivity (Wildman–Crippen MR) is 87.3 cm³/mol. The van der Waals surface area contributed by atoms with Gasteiger partial charge < -0.3 is 10.6 Å². The second-order valence-electron chi connectivity index (χ2n) is 4.61. The smallest absolute Gasteiger partial charge is 0.208 e. The van der Waals surface area contributed by atoms with E-state index < -0.39 is 10.0 Å². The summed E-state index contributed by atoms with van der Waals surface area (Å²) in [5.41, 5.74) is 1.04. The summed E-state index contributed by atoms with van der Waals surface area (Å²) in [6.07, 6.45) is 1.84. The number of aliphatic imine (C=N–C) groups is 1. The highest BCUT2D eigenvalue weighted by atomic mass is 32.2. The lowest BCUT2D eigenvalue weighted by Crippen LogP contribution is -2.38. The molecule has 0 bridgehead atoms. The zero-order valence-electron chi connectivity index (χ0n) is 12.9. The normalized spacial score (nSPS) is 12.5. The molecule has 3 N–H and O–H groups in total. The van der Waals surface area contributed by atoms with Crippen LogP contribution in [0.1, 0.15) is 22.0 Å². The Labute approximate surface area is 130 Å². The van der Waals surface area contributed by atoms with Crippen molar-refractivity contribution in [3.8, 4) is 0 Å². The molecular formula is C12H23N5O2S2. The highest BCUT2D eigenvalue weighted by Gasteiger charge is 2.05. The number of nitrogens with one attached hydrogen (secondary N) is 3. The van der Waals surface area contributed by atoms with Crippen LogP contribution >= 0.6 is 11.3 Å². The SMILES string of the molecule is CN=C(NCCCNS(C)(=O)=O)NCc1sc(C)nc1C. The van der Waals surface area contributed by atoms with E-state index in [-0.39, 0.29) is 0 Å². The number of hydrogen-bond acceptors (Lipinski definition) is 5. The summed E-state index contributed by atoms with van der Waals surface area (Å²) in [7, 11) is -1.41. The van der Waals surface area contributed by atoms with Gasteiger partial charge in [-0.25, -0.2) is 18.1 Å². The average molecular weight is 333 g/mol. The van der Waals surface area contributed by atoms with Crippen molar-refractivity contribution in [2.24, 2.45) is 4.99 Å². The molecule has 1 rings (SSSR count). The fourth-order valence-corrected chi connectivity index (χ4v) is 3.07. The van der Waals surface area contributed by atoms with Crippen molar-refractivity contribution >= 4 is 27.3 Å². The van der Waals surface area contributed by atoms with E-state index in [1.54, 1.807) is 18.4 Å². The Balaban J connectivity index is 2.28. The van der Waals surface area contributed by atoms with Crippen molar-refractivity contribution in [3.63, 3.8) is 0 Å². The van der Waals surface area contributed by atoms with E-state index in [9.17, 15) is 8.42 Å². The molecule has 21 heavy (non-hydrogen) atoms. The maximum Gasteiger partial charge on any atom is 0.208 e. The first-order valence-corrected chi connectivity index (χ1v) is 9.34. The minimum Gasteiger partial charge on any atom is -0.356 e. The zero-order valence-corrected chi connectivity index (χ0v) is 14.5. The van der Waals surface area contributed by atoms with Crippen LogP contribution in [0.2, 0.25) is 0 Å². The molecular weight excluding hydrogens is 310 g/mol. The van der Waals surface area contributed by atoms with Gasteiger partial charge in [0.15, 0.2) is 5.96 Å². The molecule has 1 aromatic heterocycles. The van der Waals surface area contributed by atoms with Crippen LogP contribution < -0.4 is 15.4 Å². The van der Waals surface area contributed by atoms with Gasteiger partial charge in [-0.2, -0.15) is 0 Å². The largest absolute Gasteiger partial charge is 0.356 e. The van der Waals surface area contributed by atoms with Gasteiger partial charge in [0.25, 0.3) is 0 Å². The second-order valence-corrected chi connectivity index (χ2v) is 7.73. The second kappa shape index (κ2) is 8.30. The zero-order chi connectivity index (χ0) is 15.9. The third-order valence-electron chi connectivity index (χ3n) is 2.65. The molecule has 0 aromatic carbocycles. The summed E-state index contributed by atoms with van der Waals surface area (Å²) in [5.74, 6) is 0.694. The Morgan fingerprint density at radius 1 is 1.29 bits per heavy atom. The fraction of sp³-hybridized carbons (Fsp3) is 0.667. The van der Waals surface area contributed by atoms with E-state index in [2.05, 4.69) is 25.3 Å². The van der Waals surface area contributed by atoms with E-state index in [0.717, 1.165) is 17.0 Å². The molecule has 0 aliphatic rings. The van der Waals surface area contributed by atoms with Crippen LogP contribution in [0.25, 0.3) is 0 Å². The quantitative estimate of drug-likeness (QED) is 0.380. The molecule has 0 saturated carbocycles. The molecule has 1 heterocycles. The molecule has 0 unspecified atom stereocenters. The number of thiazole rings is 1. The Morgan fingerprint density at radius 2 is 2.00 bits per heavy atom. The van der Waals surface area contributed by atoms with E-state index in [1.165, 1.54) is 4.88 Å². The lowest BCUT2D eigenvalue weighted by atomic mass is 10.4. The third-order valence-corrected chi connectivity index (χ3v) is 4.45. The molecule has 0 saturated heterocycles. The van der Waals surface area contributed by atoms with Crippen molar-refractivity contribution < 1.29 is 8.42 Å². The summed E-state index contributed by atoms with van der Waals surface area (Å²) in [6, 6.07) is 0. The Hall–Kier alpha value is -1.19. The number of aromatic nitrogens is 1. The molecule has 0 aliphatic carbocycles. The topological polar surface area (TPSA) is 95.5 Å². The van der Waals surface area contributed by atoms with Crippen LogP contribution in [0.15, 0.2) is 4.99 Å². The van der Waals surface area contributed by atoms with Gasteiger partial charge in [-0.05, 0) is 20.3 Å². The summed E-state index contributed by atoms with van der Waals surface area (Å²) < 4.78 is 24.3. The van der Waals surface area contributed by atoms with Gasteiger partial charge in [-0.15, -0.1) is 11.3 Å². The van der Waals surface area contributed by atoms with Crippen LogP contribution in [0.5, 0.6) is 0 Å². The van der Waals surface area contributed by atoms with Crippen LogP contribution in [0, 0.1) is 13.8 Å². The van der Waals surface area contributed by atoms with E-state index >= 15 is 0 Å². The van der Waals surface area contributed by atoms with Crippen molar-refractivity contribution in [1.29, 1.82) is 0 Å². The third kappa shape index (κ3) is 7.39. The summed E-state index contributed by atoms with van der Waals surface area (Å²) in [5, 5.41) is 7.41. The lowest BCUT2D eigenvalue weighted by Gasteiger charge is -2.11. The average Bonchev–Trinajstić information content (AvgIpc) is 2.70. The first kappa shape index (κ1) is 17.9. The van der Waals surface area contributed by atoms with Crippen LogP contribution in [-0.2, 0) is 16.6 Å². The number of rotatable bonds is 7. The van der Waals surface area contributed by atoms with E-state index in [1.807, 2.05) is 13.8 Å².